The Balaban J connectivity index is 1.57. The number of halogens is 2. The number of hydrogen-bond donors (Lipinski definition) is 0. The maximum absolute atomic E-state index is 13.4. The SMILES string of the molecule is O=C1[C@@H]2[C@H](C(=O)N1c1ccc(Cl)cc1)N1CCCN1[C@H]2c1ccc(F)cc1. The average molecular weight is 386 g/mol. The van der Waals surface area contributed by atoms with Crippen LogP contribution in [0.15, 0.2) is 48.5 Å². The normalized spacial score (nSPS) is 28.1. The lowest BCUT2D eigenvalue weighted by atomic mass is 9.90. The summed E-state index contributed by atoms with van der Waals surface area (Å²) in [6, 6.07) is 12.2. The van der Waals surface area contributed by atoms with Crippen molar-refractivity contribution in [3.63, 3.8) is 0 Å². The molecule has 0 bridgehead atoms. The molecular weight excluding hydrogens is 369 g/mol. The van der Waals surface area contributed by atoms with Crippen molar-refractivity contribution in [1.29, 1.82) is 0 Å². The highest BCUT2D eigenvalue weighted by Gasteiger charge is 2.62. The van der Waals surface area contributed by atoms with Crippen LogP contribution in [0.1, 0.15) is 18.0 Å². The van der Waals surface area contributed by atoms with Gasteiger partial charge in [-0.25, -0.2) is 19.3 Å². The quantitative estimate of drug-likeness (QED) is 0.745. The maximum Gasteiger partial charge on any atom is 0.253 e. The number of fused-ring (bicyclic) bond motifs is 3. The van der Waals surface area contributed by atoms with Gasteiger partial charge in [0.25, 0.3) is 5.91 Å². The van der Waals surface area contributed by atoms with Gasteiger partial charge < -0.3 is 0 Å². The Labute approximate surface area is 160 Å². The Morgan fingerprint density at radius 2 is 1.48 bits per heavy atom. The molecule has 0 radical (unpaired) electrons. The topological polar surface area (TPSA) is 43.9 Å². The zero-order chi connectivity index (χ0) is 18.7. The summed E-state index contributed by atoms with van der Waals surface area (Å²) in [4.78, 5) is 27.8. The van der Waals surface area contributed by atoms with Gasteiger partial charge in [0.05, 0.1) is 17.6 Å². The smallest absolute Gasteiger partial charge is 0.253 e. The van der Waals surface area contributed by atoms with E-state index in [2.05, 4.69) is 5.01 Å². The molecule has 27 heavy (non-hydrogen) atoms. The van der Waals surface area contributed by atoms with Gasteiger partial charge >= 0.3 is 0 Å². The van der Waals surface area contributed by atoms with Crippen LogP contribution in [0.4, 0.5) is 10.1 Å². The molecule has 3 aliphatic heterocycles. The van der Waals surface area contributed by atoms with E-state index >= 15 is 0 Å². The van der Waals surface area contributed by atoms with Crippen LogP contribution >= 0.6 is 11.6 Å². The first-order valence-electron chi connectivity index (χ1n) is 8.98. The number of hydrazine groups is 1. The summed E-state index contributed by atoms with van der Waals surface area (Å²) in [5.74, 6) is -1.23. The van der Waals surface area contributed by atoms with E-state index in [4.69, 9.17) is 11.6 Å². The largest absolute Gasteiger partial charge is 0.274 e. The van der Waals surface area contributed by atoms with Crippen LogP contribution < -0.4 is 4.90 Å². The lowest BCUT2D eigenvalue weighted by Gasteiger charge is -2.29. The molecule has 3 saturated heterocycles. The third-order valence-electron chi connectivity index (χ3n) is 5.70. The molecule has 138 valence electrons. The van der Waals surface area contributed by atoms with Gasteiger partial charge in [-0.1, -0.05) is 23.7 Å². The molecule has 3 atom stereocenters. The van der Waals surface area contributed by atoms with Crippen molar-refractivity contribution in [2.45, 2.75) is 18.5 Å². The number of imide groups is 1. The van der Waals surface area contributed by atoms with E-state index in [9.17, 15) is 14.0 Å². The second-order valence-electron chi connectivity index (χ2n) is 7.14. The first-order chi connectivity index (χ1) is 13.1. The highest BCUT2D eigenvalue weighted by molar-refractivity contribution is 6.31. The second-order valence-corrected chi connectivity index (χ2v) is 7.57. The van der Waals surface area contributed by atoms with Crippen molar-refractivity contribution in [3.05, 3.63) is 64.9 Å². The molecule has 0 N–H and O–H groups in total. The number of carbonyl (C=O) groups is 2. The number of nitrogens with zero attached hydrogens (tertiary/aromatic N) is 3. The molecule has 5 rings (SSSR count). The Morgan fingerprint density at radius 1 is 0.852 bits per heavy atom. The summed E-state index contributed by atoms with van der Waals surface area (Å²) >= 11 is 5.94. The molecule has 2 aromatic rings. The maximum atomic E-state index is 13.4. The Bertz CT molecular complexity index is 918. The molecule has 0 saturated carbocycles. The van der Waals surface area contributed by atoms with Crippen molar-refractivity contribution in [2.75, 3.05) is 18.0 Å². The van der Waals surface area contributed by atoms with E-state index in [1.807, 2.05) is 5.01 Å². The Morgan fingerprint density at radius 3 is 2.15 bits per heavy atom. The summed E-state index contributed by atoms with van der Waals surface area (Å²) in [6.07, 6.45) is 0.934. The minimum absolute atomic E-state index is 0.205. The van der Waals surface area contributed by atoms with Gasteiger partial charge in [-0.3, -0.25) is 9.59 Å². The number of carbonyl (C=O) groups excluding carboxylic acids is 2. The molecule has 3 aliphatic rings. The van der Waals surface area contributed by atoms with E-state index in [-0.39, 0.29) is 23.7 Å². The fourth-order valence-electron chi connectivity index (χ4n) is 4.62. The molecule has 5 nitrogen and oxygen atoms in total. The molecule has 7 heteroatoms. The molecule has 0 unspecified atom stereocenters. The van der Waals surface area contributed by atoms with Crippen molar-refractivity contribution >= 4 is 29.1 Å². The third kappa shape index (κ3) is 2.44. The molecule has 2 amide bonds. The van der Waals surface area contributed by atoms with Crippen LogP contribution in [0.3, 0.4) is 0 Å². The predicted octanol–water partition coefficient (Wildman–Crippen LogP) is 3.01. The van der Waals surface area contributed by atoms with Crippen molar-refractivity contribution in [3.8, 4) is 0 Å². The van der Waals surface area contributed by atoms with Crippen LogP contribution in [-0.2, 0) is 9.59 Å². The van der Waals surface area contributed by atoms with Gasteiger partial charge in [0, 0.05) is 18.1 Å². The van der Waals surface area contributed by atoms with E-state index in [0.29, 0.717) is 10.7 Å². The highest BCUT2D eigenvalue weighted by atomic mass is 35.5. The van der Waals surface area contributed by atoms with Crippen LogP contribution in [-0.4, -0.2) is 41.0 Å². The molecule has 2 aromatic carbocycles. The Hall–Kier alpha value is -2.28. The number of amides is 2. The van der Waals surface area contributed by atoms with Crippen LogP contribution in [0, 0.1) is 11.7 Å². The van der Waals surface area contributed by atoms with Gasteiger partial charge in [0.1, 0.15) is 11.9 Å². The molecule has 0 aliphatic carbocycles. The molecule has 3 heterocycles. The molecule has 3 fully saturated rings. The minimum Gasteiger partial charge on any atom is -0.274 e. The Kier molecular flexibility index (Phi) is 3.82. The fourth-order valence-corrected chi connectivity index (χ4v) is 4.74. The number of anilines is 1. The highest BCUT2D eigenvalue weighted by Crippen LogP contribution is 2.48. The summed E-state index contributed by atoms with van der Waals surface area (Å²) in [5, 5.41) is 4.68. The minimum atomic E-state index is -0.509. The van der Waals surface area contributed by atoms with Crippen molar-refractivity contribution in [1.82, 2.24) is 10.0 Å². The standard InChI is InChI=1S/C20H17ClFN3O2/c21-13-4-8-15(9-5-13)25-19(26)16-17(12-2-6-14(22)7-3-12)23-10-1-11-24(23)18(16)20(25)27/h2-9,16-18H,1,10-11H2/t16-,17-,18+/m0/s1. The monoisotopic (exact) mass is 385 g/mol. The van der Waals surface area contributed by atoms with E-state index in [1.165, 1.54) is 17.0 Å². The summed E-state index contributed by atoms with van der Waals surface area (Å²) in [5.41, 5.74) is 1.39. The van der Waals surface area contributed by atoms with E-state index in [1.54, 1.807) is 36.4 Å². The van der Waals surface area contributed by atoms with Gasteiger partial charge in [-0.05, 0) is 48.4 Å². The van der Waals surface area contributed by atoms with Gasteiger partial charge in [0.15, 0.2) is 0 Å². The van der Waals surface area contributed by atoms with Gasteiger partial charge in [-0.2, -0.15) is 0 Å². The zero-order valence-electron chi connectivity index (χ0n) is 14.4. The lowest BCUT2D eigenvalue weighted by Crippen LogP contribution is -2.44. The number of hydrogen-bond acceptors (Lipinski definition) is 4. The van der Waals surface area contributed by atoms with Crippen LogP contribution in [0.25, 0.3) is 0 Å². The summed E-state index contributed by atoms with van der Waals surface area (Å²) in [6.45, 7) is 1.53. The molecule has 0 spiro atoms. The fraction of sp³-hybridized carbons (Fsp3) is 0.300. The predicted molar refractivity (Wildman–Crippen MR) is 98.4 cm³/mol. The second kappa shape index (κ2) is 6.12. The van der Waals surface area contributed by atoms with Gasteiger partial charge in [0.2, 0.25) is 5.91 Å². The van der Waals surface area contributed by atoms with Crippen molar-refractivity contribution < 1.29 is 14.0 Å². The first-order valence-corrected chi connectivity index (χ1v) is 9.36. The van der Waals surface area contributed by atoms with Gasteiger partial charge in [-0.15, -0.1) is 0 Å². The summed E-state index contributed by atoms with van der Waals surface area (Å²) < 4.78 is 13.4. The van der Waals surface area contributed by atoms with Crippen molar-refractivity contribution in [2.24, 2.45) is 5.92 Å². The number of rotatable bonds is 2. The molecule has 0 aromatic heterocycles. The van der Waals surface area contributed by atoms with Crippen LogP contribution in [0.2, 0.25) is 5.02 Å². The first kappa shape index (κ1) is 16.9. The zero-order valence-corrected chi connectivity index (χ0v) is 15.1. The third-order valence-corrected chi connectivity index (χ3v) is 5.95. The number of benzene rings is 2. The molecular formula is C20H17ClFN3O2. The average Bonchev–Trinajstić information content (AvgIpc) is 3.30. The van der Waals surface area contributed by atoms with Crippen LogP contribution in [0.5, 0.6) is 0 Å². The summed E-state index contributed by atoms with van der Waals surface area (Å²) in [7, 11) is 0. The van der Waals surface area contributed by atoms with E-state index in [0.717, 1.165) is 25.1 Å². The van der Waals surface area contributed by atoms with E-state index < -0.39 is 12.0 Å². The lowest BCUT2D eigenvalue weighted by molar-refractivity contribution is -0.126.